The molecule has 0 aromatic heterocycles. The molecule has 21 heavy (non-hydrogen) atoms. The average Bonchev–Trinajstić information content (AvgIpc) is 2.50. The van der Waals surface area contributed by atoms with E-state index < -0.39 is 0 Å². The Labute approximate surface area is 127 Å². The van der Waals surface area contributed by atoms with Crippen molar-refractivity contribution >= 4 is 11.8 Å². The Morgan fingerprint density at radius 2 is 1.90 bits per heavy atom. The highest BCUT2D eigenvalue weighted by Gasteiger charge is 2.25. The van der Waals surface area contributed by atoms with Crippen molar-refractivity contribution in [1.29, 1.82) is 0 Å². The van der Waals surface area contributed by atoms with Crippen LogP contribution in [0.3, 0.4) is 0 Å². The van der Waals surface area contributed by atoms with Gasteiger partial charge in [0.1, 0.15) is 0 Å². The van der Waals surface area contributed by atoms with E-state index >= 15 is 0 Å². The van der Waals surface area contributed by atoms with Gasteiger partial charge in [-0.25, -0.2) is 4.79 Å². The van der Waals surface area contributed by atoms with Gasteiger partial charge in [0.05, 0.1) is 12.6 Å². The molecule has 0 spiro atoms. The highest BCUT2D eigenvalue weighted by molar-refractivity contribution is 5.88. The minimum Gasteiger partial charge on any atom is -0.449 e. The number of piperidine rings is 1. The van der Waals surface area contributed by atoms with Crippen molar-refractivity contribution in [1.82, 2.24) is 4.90 Å². The standard InChI is InChI=1S/C17H26N2O2/c1-3-21-17(20)19(16-10-6-4-7-11-16)15(2)14-18-12-8-5-9-13-18/h4,6-7,10-11,15H,3,5,8-9,12-14H2,1-2H3. The number of nitrogens with zero attached hydrogens (tertiary/aromatic N) is 2. The van der Waals surface area contributed by atoms with Crippen molar-refractivity contribution in [2.45, 2.75) is 39.2 Å². The maximum atomic E-state index is 12.3. The zero-order valence-electron chi connectivity index (χ0n) is 13.1. The molecule has 0 N–H and O–H groups in total. The van der Waals surface area contributed by atoms with Gasteiger partial charge >= 0.3 is 6.09 Å². The molecule has 1 aromatic carbocycles. The smallest absolute Gasteiger partial charge is 0.414 e. The molecule has 1 fully saturated rings. The van der Waals surface area contributed by atoms with E-state index in [0.717, 1.165) is 25.3 Å². The fraction of sp³-hybridized carbons (Fsp3) is 0.588. The summed E-state index contributed by atoms with van der Waals surface area (Å²) < 4.78 is 5.24. The SMILES string of the molecule is CCOC(=O)N(c1ccccc1)C(C)CN1CCCCC1. The van der Waals surface area contributed by atoms with Crippen LogP contribution in [-0.2, 0) is 4.74 Å². The van der Waals surface area contributed by atoms with Crippen LogP contribution in [0.1, 0.15) is 33.1 Å². The quantitative estimate of drug-likeness (QED) is 0.831. The number of para-hydroxylation sites is 1. The summed E-state index contributed by atoms with van der Waals surface area (Å²) in [6.45, 7) is 7.51. The molecule has 116 valence electrons. The molecular formula is C17H26N2O2. The number of ether oxygens (including phenoxy) is 1. The molecule has 2 rings (SSSR count). The second kappa shape index (κ2) is 8.03. The summed E-state index contributed by atoms with van der Waals surface area (Å²) in [5, 5.41) is 0. The van der Waals surface area contributed by atoms with Crippen LogP contribution < -0.4 is 4.90 Å². The Bertz CT molecular complexity index is 430. The van der Waals surface area contributed by atoms with E-state index in [1.54, 1.807) is 4.90 Å². The largest absolute Gasteiger partial charge is 0.449 e. The van der Waals surface area contributed by atoms with Crippen molar-refractivity contribution in [2.24, 2.45) is 0 Å². The second-order valence-electron chi connectivity index (χ2n) is 5.61. The lowest BCUT2D eigenvalue weighted by Gasteiger charge is -2.34. The molecule has 1 heterocycles. The van der Waals surface area contributed by atoms with Crippen molar-refractivity contribution in [3.8, 4) is 0 Å². The van der Waals surface area contributed by atoms with Gasteiger partial charge in [-0.15, -0.1) is 0 Å². The summed E-state index contributed by atoms with van der Waals surface area (Å²) in [5.74, 6) is 0. The first-order valence-corrected chi connectivity index (χ1v) is 7.95. The molecule has 4 heteroatoms. The number of benzene rings is 1. The number of likely N-dealkylation sites (tertiary alicyclic amines) is 1. The Balaban J connectivity index is 2.08. The van der Waals surface area contributed by atoms with E-state index in [1.807, 2.05) is 37.3 Å². The Kier molecular flexibility index (Phi) is 6.05. The number of rotatable bonds is 5. The molecule has 0 radical (unpaired) electrons. The van der Waals surface area contributed by atoms with Crippen molar-refractivity contribution < 1.29 is 9.53 Å². The number of carbonyl (C=O) groups excluding carboxylic acids is 1. The summed E-state index contributed by atoms with van der Waals surface area (Å²) in [4.78, 5) is 16.5. The lowest BCUT2D eigenvalue weighted by Crippen LogP contribution is -2.47. The van der Waals surface area contributed by atoms with E-state index in [-0.39, 0.29) is 12.1 Å². The molecule has 0 saturated carbocycles. The third kappa shape index (κ3) is 4.46. The van der Waals surface area contributed by atoms with E-state index in [4.69, 9.17) is 4.74 Å². The molecule has 1 amide bonds. The van der Waals surface area contributed by atoms with Crippen LogP contribution in [0, 0.1) is 0 Å². The fourth-order valence-corrected chi connectivity index (χ4v) is 2.92. The van der Waals surface area contributed by atoms with Crippen LogP contribution >= 0.6 is 0 Å². The maximum Gasteiger partial charge on any atom is 0.414 e. The van der Waals surface area contributed by atoms with Crippen LogP contribution in [0.25, 0.3) is 0 Å². The van der Waals surface area contributed by atoms with Crippen LogP contribution in [0.4, 0.5) is 10.5 Å². The van der Waals surface area contributed by atoms with Gasteiger partial charge in [0.15, 0.2) is 0 Å². The predicted molar refractivity (Wildman–Crippen MR) is 85.7 cm³/mol. The third-order valence-corrected chi connectivity index (χ3v) is 3.91. The molecule has 1 aliphatic rings. The monoisotopic (exact) mass is 290 g/mol. The van der Waals surface area contributed by atoms with Crippen LogP contribution in [-0.4, -0.2) is 43.3 Å². The van der Waals surface area contributed by atoms with E-state index in [2.05, 4.69) is 11.8 Å². The Morgan fingerprint density at radius 3 is 2.52 bits per heavy atom. The fourth-order valence-electron chi connectivity index (χ4n) is 2.92. The minimum atomic E-state index is -0.256. The molecule has 1 saturated heterocycles. The minimum absolute atomic E-state index is 0.101. The average molecular weight is 290 g/mol. The molecular weight excluding hydrogens is 264 g/mol. The highest BCUT2D eigenvalue weighted by atomic mass is 16.6. The molecule has 1 aromatic rings. The summed E-state index contributed by atoms with van der Waals surface area (Å²) in [6, 6.07) is 9.89. The summed E-state index contributed by atoms with van der Waals surface area (Å²) in [5.41, 5.74) is 0.903. The van der Waals surface area contributed by atoms with Crippen molar-refractivity contribution in [2.75, 3.05) is 31.1 Å². The van der Waals surface area contributed by atoms with Gasteiger partial charge < -0.3 is 9.64 Å². The van der Waals surface area contributed by atoms with Gasteiger partial charge in [0, 0.05) is 12.2 Å². The second-order valence-corrected chi connectivity index (χ2v) is 5.61. The van der Waals surface area contributed by atoms with Gasteiger partial charge in [-0.3, -0.25) is 4.90 Å². The first-order chi connectivity index (χ1) is 10.2. The van der Waals surface area contributed by atoms with Crippen molar-refractivity contribution in [3.05, 3.63) is 30.3 Å². The zero-order chi connectivity index (χ0) is 15.1. The number of carbonyl (C=O) groups is 1. The molecule has 1 atom stereocenters. The van der Waals surface area contributed by atoms with Gasteiger partial charge in [0.2, 0.25) is 0 Å². The molecule has 1 unspecified atom stereocenters. The number of amides is 1. The molecule has 0 bridgehead atoms. The van der Waals surface area contributed by atoms with Crippen LogP contribution in [0.5, 0.6) is 0 Å². The Morgan fingerprint density at radius 1 is 1.24 bits per heavy atom. The van der Waals surface area contributed by atoms with Gasteiger partial charge in [-0.2, -0.15) is 0 Å². The number of hydrogen-bond donors (Lipinski definition) is 0. The number of anilines is 1. The van der Waals surface area contributed by atoms with E-state index in [1.165, 1.54) is 19.3 Å². The summed E-state index contributed by atoms with van der Waals surface area (Å²) in [7, 11) is 0. The highest BCUT2D eigenvalue weighted by Crippen LogP contribution is 2.19. The first kappa shape index (κ1) is 15.8. The maximum absolute atomic E-state index is 12.3. The lowest BCUT2D eigenvalue weighted by atomic mass is 10.1. The van der Waals surface area contributed by atoms with Crippen LogP contribution in [0.2, 0.25) is 0 Å². The van der Waals surface area contributed by atoms with Gasteiger partial charge in [-0.05, 0) is 51.9 Å². The van der Waals surface area contributed by atoms with E-state index in [9.17, 15) is 4.79 Å². The molecule has 4 nitrogen and oxygen atoms in total. The molecule has 0 aliphatic carbocycles. The lowest BCUT2D eigenvalue weighted by molar-refractivity contribution is 0.153. The zero-order valence-corrected chi connectivity index (χ0v) is 13.1. The van der Waals surface area contributed by atoms with Gasteiger partial charge in [0.25, 0.3) is 0 Å². The van der Waals surface area contributed by atoms with Crippen LogP contribution in [0.15, 0.2) is 30.3 Å². The van der Waals surface area contributed by atoms with Gasteiger partial charge in [-0.1, -0.05) is 24.6 Å². The molecule has 1 aliphatic heterocycles. The topological polar surface area (TPSA) is 32.8 Å². The van der Waals surface area contributed by atoms with E-state index in [0.29, 0.717) is 6.61 Å². The predicted octanol–water partition coefficient (Wildman–Crippen LogP) is 3.52. The summed E-state index contributed by atoms with van der Waals surface area (Å²) in [6.07, 6.45) is 3.59. The Hall–Kier alpha value is -1.55. The first-order valence-electron chi connectivity index (χ1n) is 7.95. The van der Waals surface area contributed by atoms with Crippen molar-refractivity contribution in [3.63, 3.8) is 0 Å². The third-order valence-electron chi connectivity index (χ3n) is 3.91. The number of hydrogen-bond acceptors (Lipinski definition) is 3. The normalized spacial score (nSPS) is 17.2. The summed E-state index contributed by atoms with van der Waals surface area (Å²) >= 11 is 0.